The first-order chi connectivity index (χ1) is 13.9. The van der Waals surface area contributed by atoms with Crippen LogP contribution in [-0.4, -0.2) is 19.3 Å². The Kier molecular flexibility index (Phi) is 4.67. The molecule has 0 fully saturated rings. The van der Waals surface area contributed by atoms with E-state index in [0.717, 1.165) is 11.1 Å². The van der Waals surface area contributed by atoms with E-state index in [1.54, 1.807) is 0 Å². The molecule has 0 amide bonds. The first-order valence-electron chi connectivity index (χ1n) is 8.90. The predicted octanol–water partition coefficient (Wildman–Crippen LogP) is 2.85. The largest absolute Gasteiger partial charge is 0.337 e. The minimum absolute atomic E-state index is 0.0457. The number of aromatic nitrogens is 4. The van der Waals surface area contributed by atoms with E-state index < -0.39 is 11.1 Å². The maximum Gasteiger partial charge on any atom is 0.320 e. The van der Waals surface area contributed by atoms with Crippen molar-refractivity contribution >= 4 is 0 Å². The van der Waals surface area contributed by atoms with E-state index in [1.807, 2.05) is 32.0 Å². The zero-order valence-corrected chi connectivity index (χ0v) is 15.8. The molecule has 0 bridgehead atoms. The third-order valence-corrected chi connectivity index (χ3v) is 4.42. The van der Waals surface area contributed by atoms with Crippen LogP contribution < -0.4 is 11.1 Å². The Labute approximate surface area is 164 Å². The van der Waals surface area contributed by atoms with Crippen LogP contribution in [0.5, 0.6) is 0 Å². The van der Waals surface area contributed by atoms with Gasteiger partial charge in [0, 0.05) is 23.6 Å². The van der Waals surface area contributed by atoms with E-state index in [9.17, 15) is 14.0 Å². The summed E-state index contributed by atoms with van der Waals surface area (Å²) in [4.78, 5) is 29.3. The molecular weight excluding hydrogens is 375 g/mol. The van der Waals surface area contributed by atoms with Gasteiger partial charge in [-0.1, -0.05) is 11.2 Å². The molecule has 0 radical (unpaired) electrons. The van der Waals surface area contributed by atoms with Crippen LogP contribution in [0.4, 0.5) is 4.39 Å². The molecule has 0 aliphatic heterocycles. The van der Waals surface area contributed by atoms with Crippen LogP contribution in [0.15, 0.2) is 69.0 Å². The highest BCUT2D eigenvalue weighted by Crippen LogP contribution is 2.16. The van der Waals surface area contributed by atoms with Crippen molar-refractivity contribution in [1.29, 1.82) is 0 Å². The second-order valence-electron chi connectivity index (χ2n) is 6.77. The second kappa shape index (κ2) is 7.31. The molecule has 2 aromatic carbocycles. The van der Waals surface area contributed by atoms with Crippen molar-refractivity contribution in [2.45, 2.75) is 20.4 Å². The van der Waals surface area contributed by atoms with Gasteiger partial charge in [0.2, 0.25) is 11.7 Å². The summed E-state index contributed by atoms with van der Waals surface area (Å²) in [5, 5.41) is 3.84. The van der Waals surface area contributed by atoms with Crippen molar-refractivity contribution in [3.05, 3.63) is 98.4 Å². The number of hydrogen-bond acceptors (Lipinski definition) is 5. The minimum atomic E-state index is -0.701. The lowest BCUT2D eigenvalue weighted by Gasteiger charge is -2.09. The number of halogens is 1. The summed E-state index contributed by atoms with van der Waals surface area (Å²) in [7, 11) is 0. The zero-order chi connectivity index (χ0) is 20.5. The molecule has 0 saturated heterocycles. The van der Waals surface area contributed by atoms with E-state index in [0.29, 0.717) is 11.3 Å². The fraction of sp³-hybridized carbons (Fsp3) is 0.143. The SMILES string of the molecule is Cc1cc(C)cc(-n2ccn(Cc3nc(-c4ccc(F)cc4)no3)c(=O)c2=O)c1. The summed E-state index contributed by atoms with van der Waals surface area (Å²) in [5.41, 5.74) is 1.83. The maximum atomic E-state index is 13.0. The molecule has 2 aromatic heterocycles. The molecule has 0 aliphatic rings. The predicted molar refractivity (Wildman–Crippen MR) is 105 cm³/mol. The van der Waals surface area contributed by atoms with Gasteiger partial charge < -0.3 is 4.52 Å². The van der Waals surface area contributed by atoms with Crippen molar-refractivity contribution in [3.8, 4) is 17.1 Å². The number of benzene rings is 2. The van der Waals surface area contributed by atoms with Gasteiger partial charge in [0.1, 0.15) is 12.4 Å². The summed E-state index contributed by atoms with van der Waals surface area (Å²) in [5.74, 6) is 0.0694. The molecule has 7 nitrogen and oxygen atoms in total. The highest BCUT2D eigenvalue weighted by molar-refractivity contribution is 5.53. The molecule has 0 aliphatic carbocycles. The van der Waals surface area contributed by atoms with Crippen molar-refractivity contribution in [2.75, 3.05) is 0 Å². The summed E-state index contributed by atoms with van der Waals surface area (Å²) in [6.07, 6.45) is 3.04. The molecule has 0 N–H and O–H groups in total. The van der Waals surface area contributed by atoms with Crippen LogP contribution in [0.2, 0.25) is 0 Å². The van der Waals surface area contributed by atoms with E-state index in [4.69, 9.17) is 4.52 Å². The van der Waals surface area contributed by atoms with E-state index in [2.05, 4.69) is 10.1 Å². The van der Waals surface area contributed by atoms with Crippen LogP contribution in [-0.2, 0) is 6.54 Å². The quantitative estimate of drug-likeness (QED) is 0.499. The van der Waals surface area contributed by atoms with Crippen molar-refractivity contribution in [2.24, 2.45) is 0 Å². The molecule has 4 aromatic rings. The average Bonchev–Trinajstić information content (AvgIpc) is 3.14. The zero-order valence-electron chi connectivity index (χ0n) is 15.8. The maximum absolute atomic E-state index is 13.0. The molecule has 29 heavy (non-hydrogen) atoms. The first kappa shape index (κ1) is 18.5. The molecule has 0 unspecified atom stereocenters. The lowest BCUT2D eigenvalue weighted by Crippen LogP contribution is -2.40. The smallest absolute Gasteiger partial charge is 0.320 e. The Morgan fingerprint density at radius 1 is 0.966 bits per heavy atom. The Bertz CT molecular complexity index is 1280. The summed E-state index contributed by atoms with van der Waals surface area (Å²) in [6.45, 7) is 3.81. The second-order valence-corrected chi connectivity index (χ2v) is 6.77. The van der Waals surface area contributed by atoms with Gasteiger partial charge in [-0.3, -0.25) is 18.7 Å². The Morgan fingerprint density at radius 2 is 1.66 bits per heavy atom. The number of aryl methyl sites for hydroxylation is 2. The van der Waals surface area contributed by atoms with Gasteiger partial charge in [0.05, 0.1) is 0 Å². The highest BCUT2D eigenvalue weighted by Gasteiger charge is 2.13. The topological polar surface area (TPSA) is 82.9 Å². The highest BCUT2D eigenvalue weighted by atomic mass is 19.1. The molecule has 2 heterocycles. The summed E-state index contributed by atoms with van der Waals surface area (Å²) in [6, 6.07) is 11.3. The van der Waals surface area contributed by atoms with Crippen molar-refractivity contribution < 1.29 is 8.91 Å². The molecule has 4 rings (SSSR count). The lowest BCUT2D eigenvalue weighted by molar-refractivity contribution is 0.369. The lowest BCUT2D eigenvalue weighted by atomic mass is 10.1. The van der Waals surface area contributed by atoms with Gasteiger partial charge in [-0.25, -0.2) is 4.39 Å². The molecule has 0 spiro atoms. The van der Waals surface area contributed by atoms with E-state index in [1.165, 1.54) is 45.8 Å². The molecule has 0 atom stereocenters. The fourth-order valence-electron chi connectivity index (χ4n) is 3.11. The van der Waals surface area contributed by atoms with E-state index in [-0.39, 0.29) is 24.1 Å². The van der Waals surface area contributed by atoms with Gasteiger partial charge in [0.25, 0.3) is 0 Å². The van der Waals surface area contributed by atoms with Crippen molar-refractivity contribution in [3.63, 3.8) is 0 Å². The van der Waals surface area contributed by atoms with Gasteiger partial charge in [-0.15, -0.1) is 0 Å². The van der Waals surface area contributed by atoms with Crippen LogP contribution in [0.3, 0.4) is 0 Å². The Morgan fingerprint density at radius 3 is 2.34 bits per heavy atom. The van der Waals surface area contributed by atoms with Gasteiger partial charge >= 0.3 is 11.1 Å². The fourth-order valence-corrected chi connectivity index (χ4v) is 3.11. The van der Waals surface area contributed by atoms with Gasteiger partial charge in [-0.05, 0) is 61.4 Å². The van der Waals surface area contributed by atoms with Gasteiger partial charge in [-0.2, -0.15) is 4.98 Å². The standard InChI is InChI=1S/C21H17FN4O3/c1-13-9-14(2)11-17(10-13)26-8-7-25(20(27)21(26)28)12-18-23-19(24-29-18)15-3-5-16(22)6-4-15/h3-11H,12H2,1-2H3. The molecule has 0 saturated carbocycles. The van der Waals surface area contributed by atoms with E-state index >= 15 is 0 Å². The Hall–Kier alpha value is -3.81. The number of nitrogens with zero attached hydrogens (tertiary/aromatic N) is 4. The van der Waals surface area contributed by atoms with Crippen LogP contribution in [0, 0.1) is 19.7 Å². The molecular formula is C21H17FN4O3. The van der Waals surface area contributed by atoms with Gasteiger partial charge in [0.15, 0.2) is 0 Å². The summed E-state index contributed by atoms with van der Waals surface area (Å²) >= 11 is 0. The van der Waals surface area contributed by atoms with Crippen LogP contribution in [0.1, 0.15) is 17.0 Å². The Balaban J connectivity index is 1.64. The third kappa shape index (κ3) is 3.77. The van der Waals surface area contributed by atoms with Crippen LogP contribution >= 0.6 is 0 Å². The first-order valence-corrected chi connectivity index (χ1v) is 8.90. The van der Waals surface area contributed by atoms with Crippen molar-refractivity contribution in [1.82, 2.24) is 19.3 Å². The average molecular weight is 392 g/mol. The van der Waals surface area contributed by atoms with Crippen LogP contribution in [0.25, 0.3) is 17.1 Å². The number of hydrogen-bond donors (Lipinski definition) is 0. The normalized spacial score (nSPS) is 11.0. The monoisotopic (exact) mass is 392 g/mol. The molecule has 8 heteroatoms. The molecule has 146 valence electrons. The number of rotatable bonds is 4. The minimum Gasteiger partial charge on any atom is -0.337 e. The third-order valence-electron chi connectivity index (χ3n) is 4.42. The summed E-state index contributed by atoms with van der Waals surface area (Å²) < 4.78 is 20.7.